The molecule has 0 radical (unpaired) electrons. The van der Waals surface area contributed by atoms with Gasteiger partial charge in [0.2, 0.25) is 17.8 Å². The van der Waals surface area contributed by atoms with E-state index in [4.69, 9.17) is 23.7 Å². The molecule has 6 rings (SSSR count). The average molecular weight is 787 g/mol. The summed E-state index contributed by atoms with van der Waals surface area (Å²) in [5.41, 5.74) is -5.21. The monoisotopic (exact) mass is 786 g/mol. The topological polar surface area (TPSA) is 377 Å². The smallest absolute Gasteiger partial charge is 0.340 e. The van der Waals surface area contributed by atoms with Crippen LogP contribution in [0.2, 0.25) is 0 Å². The molecule has 2 aliphatic heterocycles. The Morgan fingerprint density at radius 2 is 0.964 bits per heavy atom. The zero-order chi connectivity index (χ0) is 41.1. The summed E-state index contributed by atoms with van der Waals surface area (Å²) in [4.78, 5) is 54.0. The van der Waals surface area contributed by atoms with Crippen molar-refractivity contribution in [2.24, 2.45) is 0 Å². The maximum absolute atomic E-state index is 14.0. The van der Waals surface area contributed by atoms with E-state index in [0.29, 0.717) is 36.4 Å². The number of phenols is 12. The van der Waals surface area contributed by atoms with Crippen molar-refractivity contribution in [2.45, 2.75) is 30.7 Å². The van der Waals surface area contributed by atoms with Gasteiger partial charge in [0.05, 0.1) is 22.3 Å². The summed E-state index contributed by atoms with van der Waals surface area (Å²) in [5, 5.41) is 133. The van der Waals surface area contributed by atoms with Gasteiger partial charge in [0.25, 0.3) is 0 Å². The molecule has 13 N–H and O–H groups in total. The highest BCUT2D eigenvalue weighted by molar-refractivity contribution is 6.08. The van der Waals surface area contributed by atoms with E-state index in [0.717, 1.165) is 0 Å². The van der Waals surface area contributed by atoms with E-state index >= 15 is 0 Å². The Hall–Kier alpha value is -7.72. The molecule has 2 aliphatic rings. The average Bonchev–Trinajstić information content (AvgIpc) is 3.16. The Bertz CT molecular complexity index is 2290. The fourth-order valence-electron chi connectivity index (χ4n) is 5.75. The van der Waals surface area contributed by atoms with Crippen LogP contribution >= 0.6 is 0 Å². The van der Waals surface area contributed by atoms with Crippen molar-refractivity contribution in [1.29, 1.82) is 0 Å². The summed E-state index contributed by atoms with van der Waals surface area (Å²) in [7, 11) is 0. The number of ether oxygens (including phenoxy) is 5. The summed E-state index contributed by atoms with van der Waals surface area (Å²) in [6, 6.07) is 3.47. The molecule has 56 heavy (non-hydrogen) atoms. The number of benzene rings is 4. The van der Waals surface area contributed by atoms with Gasteiger partial charge >= 0.3 is 23.9 Å². The second-order valence-corrected chi connectivity index (χ2v) is 12.0. The Labute approximate surface area is 309 Å². The third kappa shape index (κ3) is 6.45. The number of phenolic OH excluding ortho intramolecular Hbond substituents is 12. The Morgan fingerprint density at radius 3 is 1.43 bits per heavy atom. The van der Waals surface area contributed by atoms with Crippen molar-refractivity contribution in [3.63, 3.8) is 0 Å². The molecule has 1 saturated heterocycles. The largest absolute Gasteiger partial charge is 0.504 e. The molecule has 0 unspecified atom stereocenters. The highest BCUT2D eigenvalue weighted by Gasteiger charge is 2.53. The lowest BCUT2D eigenvalue weighted by atomic mass is 9.92. The van der Waals surface area contributed by atoms with Crippen LogP contribution in [0.5, 0.6) is 69.0 Å². The van der Waals surface area contributed by atoms with Crippen molar-refractivity contribution in [1.82, 2.24) is 0 Å². The Balaban J connectivity index is 1.49. The van der Waals surface area contributed by atoms with Gasteiger partial charge in [-0.05, 0) is 36.4 Å². The molecular weight excluding hydrogens is 760 g/mol. The Morgan fingerprint density at radius 1 is 0.554 bits per heavy atom. The van der Waals surface area contributed by atoms with Crippen LogP contribution in [0.1, 0.15) is 41.4 Å². The first-order valence-corrected chi connectivity index (χ1v) is 15.5. The maximum atomic E-state index is 14.0. The van der Waals surface area contributed by atoms with Gasteiger partial charge in [-0.1, -0.05) is 0 Å². The number of esters is 4. The summed E-state index contributed by atoms with van der Waals surface area (Å²) in [5.74, 6) is -20.0. The van der Waals surface area contributed by atoms with E-state index in [-0.39, 0.29) is 0 Å². The van der Waals surface area contributed by atoms with Crippen molar-refractivity contribution in [2.75, 3.05) is 6.61 Å². The van der Waals surface area contributed by atoms with E-state index in [1.165, 1.54) is 0 Å². The van der Waals surface area contributed by atoms with Crippen LogP contribution in [0.15, 0.2) is 36.4 Å². The minimum absolute atomic E-state index is 0.467. The number of aliphatic hydroxyl groups is 1. The molecule has 0 aromatic heterocycles. The van der Waals surface area contributed by atoms with Crippen LogP contribution in [0.25, 0.3) is 11.1 Å². The van der Waals surface area contributed by atoms with Gasteiger partial charge in [0.1, 0.15) is 12.7 Å². The third-order valence-electron chi connectivity index (χ3n) is 8.51. The molecule has 294 valence electrons. The van der Waals surface area contributed by atoms with Gasteiger partial charge < -0.3 is 90.1 Å². The van der Waals surface area contributed by atoms with E-state index in [2.05, 4.69) is 0 Å². The number of aliphatic hydroxyl groups excluding tert-OH is 1. The van der Waals surface area contributed by atoms with Crippen LogP contribution in [0.3, 0.4) is 0 Å². The molecule has 4 aromatic rings. The molecule has 4 aromatic carbocycles. The zero-order valence-corrected chi connectivity index (χ0v) is 27.5. The van der Waals surface area contributed by atoms with E-state index in [1.54, 1.807) is 0 Å². The molecule has 5 atom stereocenters. The molecule has 0 bridgehead atoms. The number of carbonyl (C=O) groups is 4. The van der Waals surface area contributed by atoms with Gasteiger partial charge in [-0.25, -0.2) is 19.2 Å². The molecule has 0 amide bonds. The van der Waals surface area contributed by atoms with Crippen LogP contribution in [-0.4, -0.2) is 128 Å². The van der Waals surface area contributed by atoms with Gasteiger partial charge in [-0.3, -0.25) is 0 Å². The molecule has 22 heteroatoms. The van der Waals surface area contributed by atoms with E-state index < -0.39 is 164 Å². The van der Waals surface area contributed by atoms with E-state index in [1.807, 2.05) is 0 Å². The predicted molar refractivity (Wildman–Crippen MR) is 174 cm³/mol. The number of hydrogen-bond donors (Lipinski definition) is 13. The van der Waals surface area contributed by atoms with Crippen molar-refractivity contribution < 1.29 is 109 Å². The Kier molecular flexibility index (Phi) is 9.45. The number of cyclic esters (lactones) is 1. The fourth-order valence-corrected chi connectivity index (χ4v) is 5.75. The van der Waals surface area contributed by atoms with Gasteiger partial charge in [0.15, 0.2) is 75.8 Å². The number of rotatable bonds is 4. The number of aromatic hydroxyl groups is 12. The molecule has 1 fully saturated rings. The SMILES string of the molecule is O=C(O[C@H]1O[C@@H]2COC(=O)c3cc(O)c(O)c(O)c3-c3c(cc(O)c(O)c3O)C(=O)O[C@H]2[C@H](OC(=O)c2cc(O)c(O)c(O)c2)[C@H]1O)c1cc(O)c(O)c(O)c1. The van der Waals surface area contributed by atoms with Gasteiger partial charge in [-0.15, -0.1) is 0 Å². The first-order valence-electron chi connectivity index (χ1n) is 15.5. The van der Waals surface area contributed by atoms with Crippen molar-refractivity contribution in [3.05, 3.63) is 58.7 Å². The predicted octanol–water partition coefficient (Wildman–Crippen LogP) is 0.685. The van der Waals surface area contributed by atoms with Crippen LogP contribution in [0, 0.1) is 0 Å². The molecule has 0 spiro atoms. The molecule has 2 heterocycles. The summed E-state index contributed by atoms with van der Waals surface area (Å²) < 4.78 is 27.0. The highest BCUT2D eigenvalue weighted by atomic mass is 16.7. The summed E-state index contributed by atoms with van der Waals surface area (Å²) in [6.45, 7) is -1.12. The van der Waals surface area contributed by atoms with Crippen molar-refractivity contribution >= 4 is 23.9 Å². The lowest BCUT2D eigenvalue weighted by Gasteiger charge is -2.42. The summed E-state index contributed by atoms with van der Waals surface area (Å²) >= 11 is 0. The van der Waals surface area contributed by atoms with Gasteiger partial charge in [0, 0.05) is 11.1 Å². The first kappa shape index (κ1) is 38.0. The first-order chi connectivity index (χ1) is 26.3. The maximum Gasteiger partial charge on any atom is 0.340 e. The van der Waals surface area contributed by atoms with Crippen LogP contribution in [-0.2, 0) is 23.7 Å². The lowest BCUT2D eigenvalue weighted by Crippen LogP contribution is -2.62. The molecule has 22 nitrogen and oxygen atoms in total. The normalized spacial score (nSPS) is 20.6. The molecule has 0 saturated carbocycles. The third-order valence-corrected chi connectivity index (χ3v) is 8.51. The van der Waals surface area contributed by atoms with E-state index in [9.17, 15) is 85.6 Å². The van der Waals surface area contributed by atoms with Crippen LogP contribution < -0.4 is 0 Å². The number of hydrogen-bond acceptors (Lipinski definition) is 22. The number of fused-ring (bicyclic) bond motifs is 4. The summed E-state index contributed by atoms with van der Waals surface area (Å²) in [6.07, 6.45) is -11.2. The van der Waals surface area contributed by atoms with Crippen LogP contribution in [0.4, 0.5) is 0 Å². The zero-order valence-electron chi connectivity index (χ0n) is 27.5. The lowest BCUT2D eigenvalue weighted by molar-refractivity contribution is -0.283. The molecular formula is C34H26O22. The second kappa shape index (κ2) is 13.9. The number of carbonyl (C=O) groups excluding carboxylic acids is 4. The highest BCUT2D eigenvalue weighted by Crippen LogP contribution is 2.53. The van der Waals surface area contributed by atoms with Gasteiger partial charge in [-0.2, -0.15) is 0 Å². The quantitative estimate of drug-likeness (QED) is 0.0768. The standard InChI is InChI=1S/C34H26O22/c35-12-1-8(2-13(36)21(12)41)30(48)55-29-27(47)34(56-31(49)9-3-14(37)22(42)15(38)4-9)53-18-7-52-32(50)10-5-16(39)23(43)25(45)19(10)20-11(33(51)54-28(18)29)6-17(40)24(44)26(20)46/h1-6,18,27-29,34-47H,7H2/t18-,27-,28-,29-,34-/m1/s1. The minimum Gasteiger partial charge on any atom is -0.504 e. The van der Waals surface area contributed by atoms with Crippen molar-refractivity contribution in [3.8, 4) is 80.1 Å². The minimum atomic E-state index is -2.42. The fraction of sp³-hybridized carbons (Fsp3) is 0.176. The molecule has 0 aliphatic carbocycles. The second-order valence-electron chi connectivity index (χ2n) is 12.0.